The molecule has 0 unspecified atom stereocenters. The van der Waals surface area contributed by atoms with Crippen molar-refractivity contribution in [2.24, 2.45) is 17.8 Å². The Bertz CT molecular complexity index is 1410. The van der Waals surface area contributed by atoms with Crippen LogP contribution in [0.15, 0.2) is 48.5 Å². The summed E-state index contributed by atoms with van der Waals surface area (Å²) in [5.74, 6) is 0.997. The normalized spacial score (nSPS) is 18.3. The molecule has 310 valence electrons. The largest absolute Gasteiger partial charge is 0.385 e. The summed E-state index contributed by atoms with van der Waals surface area (Å²) < 4.78 is 5.28. The topological polar surface area (TPSA) is 118 Å². The SMILES string of the molecule is CNC[C@H](CC(C)C)NC(=O)N1CCCCC1.CNC[C@H](CC(C)C)NC(=O)N1CCC[C@@H]([C@@](O)(CCCCOC)c2ccccc2-c2ccccc2Cl)C1. The van der Waals surface area contributed by atoms with Crippen LogP contribution in [0.25, 0.3) is 11.1 Å². The number of unbranched alkanes of at least 4 members (excludes halogenated alkanes) is 1. The Morgan fingerprint density at radius 2 is 1.35 bits per heavy atom. The second-order valence-corrected chi connectivity index (χ2v) is 16.8. The molecule has 4 amide bonds. The monoisotopic (exact) mass is 785 g/mol. The Balaban J connectivity index is 0.000000399. The van der Waals surface area contributed by atoms with Crippen LogP contribution in [-0.4, -0.2) is 106 Å². The van der Waals surface area contributed by atoms with Gasteiger partial charge >= 0.3 is 12.1 Å². The first-order valence-electron chi connectivity index (χ1n) is 20.9. The Morgan fingerprint density at radius 3 is 1.91 bits per heavy atom. The zero-order valence-corrected chi connectivity index (χ0v) is 35.7. The van der Waals surface area contributed by atoms with Crippen molar-refractivity contribution in [3.63, 3.8) is 0 Å². The van der Waals surface area contributed by atoms with Gasteiger partial charge in [0, 0.05) is 81.6 Å². The predicted molar refractivity (Wildman–Crippen MR) is 228 cm³/mol. The first kappa shape index (κ1) is 46.5. The van der Waals surface area contributed by atoms with Crippen LogP contribution in [0.3, 0.4) is 0 Å². The Hall–Kier alpha value is -2.89. The molecule has 2 fully saturated rings. The van der Waals surface area contributed by atoms with Crippen molar-refractivity contribution >= 4 is 23.7 Å². The zero-order chi connectivity index (χ0) is 40.2. The van der Waals surface area contributed by atoms with Gasteiger partial charge in [-0.2, -0.15) is 0 Å². The van der Waals surface area contributed by atoms with Crippen molar-refractivity contribution in [3.8, 4) is 11.1 Å². The highest BCUT2D eigenvalue weighted by molar-refractivity contribution is 6.33. The van der Waals surface area contributed by atoms with Crippen LogP contribution in [0.1, 0.15) is 97.5 Å². The summed E-state index contributed by atoms with van der Waals surface area (Å²) in [5.41, 5.74) is 1.63. The van der Waals surface area contributed by atoms with Crippen molar-refractivity contribution in [2.45, 2.75) is 110 Å². The summed E-state index contributed by atoms with van der Waals surface area (Å²) in [6, 6.07) is 16.2. The van der Waals surface area contributed by atoms with Crippen molar-refractivity contribution in [1.82, 2.24) is 31.1 Å². The number of carbonyl (C=O) groups is 2. The standard InChI is InChI=1S/C31H46ClN3O3.C13H27N3O/c1-23(2)20-25(21-33-3)34-30(36)35-18-11-12-24(22-35)31(37,17-9-10-19-38-4)28-15-7-5-13-26(28)27-14-6-8-16-29(27)32;1-11(2)9-12(10-14-3)15-13(17)16-7-5-4-6-8-16/h5-8,13-16,23-25,33,37H,9-12,17-22H2,1-4H3,(H,34,36);11-12,14H,4-10H2,1-3H3,(H,15,17)/t24-,25+,31+;12-/m10/s1. The van der Waals surface area contributed by atoms with E-state index in [1.807, 2.05) is 72.4 Å². The molecule has 2 heterocycles. The average molecular weight is 786 g/mol. The minimum atomic E-state index is -1.11. The lowest BCUT2D eigenvalue weighted by Crippen LogP contribution is -2.54. The molecule has 0 aromatic heterocycles. The van der Waals surface area contributed by atoms with Gasteiger partial charge in [-0.25, -0.2) is 9.59 Å². The molecule has 5 N–H and O–H groups in total. The van der Waals surface area contributed by atoms with Gasteiger partial charge in [-0.05, 0) is 107 Å². The van der Waals surface area contributed by atoms with Gasteiger partial charge in [0.2, 0.25) is 0 Å². The van der Waals surface area contributed by atoms with Crippen LogP contribution < -0.4 is 21.3 Å². The van der Waals surface area contributed by atoms with Crippen LogP contribution >= 0.6 is 11.6 Å². The maximum Gasteiger partial charge on any atom is 0.317 e. The third-order valence-corrected chi connectivity index (χ3v) is 11.1. The minimum Gasteiger partial charge on any atom is -0.385 e. The number of benzene rings is 2. The Labute approximate surface area is 337 Å². The van der Waals surface area contributed by atoms with E-state index in [4.69, 9.17) is 16.3 Å². The first-order chi connectivity index (χ1) is 26.4. The zero-order valence-electron chi connectivity index (χ0n) is 35.0. The molecule has 55 heavy (non-hydrogen) atoms. The van der Waals surface area contributed by atoms with Gasteiger partial charge in [0.05, 0.1) is 5.60 Å². The van der Waals surface area contributed by atoms with Gasteiger partial charge in [-0.1, -0.05) is 81.8 Å². The molecule has 2 aromatic carbocycles. The number of methoxy groups -OCH3 is 1. The molecule has 2 aliphatic heterocycles. The summed E-state index contributed by atoms with van der Waals surface area (Å²) >= 11 is 6.62. The maximum absolute atomic E-state index is 13.4. The van der Waals surface area contributed by atoms with Crippen molar-refractivity contribution in [3.05, 3.63) is 59.1 Å². The lowest BCUT2D eigenvalue weighted by molar-refractivity contribution is -0.0559. The lowest BCUT2D eigenvalue weighted by atomic mass is 9.72. The Morgan fingerprint density at radius 1 is 0.800 bits per heavy atom. The van der Waals surface area contributed by atoms with Crippen LogP contribution in [0.2, 0.25) is 5.02 Å². The number of carbonyl (C=O) groups excluding carboxylic acids is 2. The highest BCUT2D eigenvalue weighted by atomic mass is 35.5. The third kappa shape index (κ3) is 15.2. The molecule has 2 saturated heterocycles. The van der Waals surface area contributed by atoms with Gasteiger partial charge in [-0.3, -0.25) is 0 Å². The molecule has 4 atom stereocenters. The summed E-state index contributed by atoms with van der Waals surface area (Å²) in [5, 5.41) is 26.0. The first-order valence-corrected chi connectivity index (χ1v) is 21.3. The summed E-state index contributed by atoms with van der Waals surface area (Å²) in [6.07, 6.45) is 9.49. The fraction of sp³-hybridized carbons (Fsp3) is 0.682. The summed E-state index contributed by atoms with van der Waals surface area (Å²) in [4.78, 5) is 29.3. The summed E-state index contributed by atoms with van der Waals surface area (Å²) in [6.45, 7) is 14.0. The second-order valence-electron chi connectivity index (χ2n) is 16.4. The molecular weight excluding hydrogens is 712 g/mol. The average Bonchev–Trinajstić information content (AvgIpc) is 3.17. The second kappa shape index (κ2) is 24.7. The molecule has 11 heteroatoms. The van der Waals surface area contributed by atoms with Gasteiger partial charge in [0.1, 0.15) is 0 Å². The number of aliphatic hydroxyl groups is 1. The molecule has 0 aliphatic carbocycles. The van der Waals surface area contributed by atoms with Crippen LogP contribution in [-0.2, 0) is 10.3 Å². The Kier molecular flexibility index (Phi) is 20.9. The number of piperidine rings is 2. The smallest absolute Gasteiger partial charge is 0.317 e. The number of rotatable bonds is 18. The van der Waals surface area contributed by atoms with Crippen molar-refractivity contribution in [2.75, 3.05) is 67.1 Å². The van der Waals surface area contributed by atoms with E-state index in [1.165, 1.54) is 6.42 Å². The lowest BCUT2D eigenvalue weighted by Gasteiger charge is -2.44. The van der Waals surface area contributed by atoms with Crippen molar-refractivity contribution in [1.29, 1.82) is 0 Å². The van der Waals surface area contributed by atoms with E-state index in [0.717, 1.165) is 94.2 Å². The van der Waals surface area contributed by atoms with Gasteiger partial charge in [0.15, 0.2) is 0 Å². The summed E-state index contributed by atoms with van der Waals surface area (Å²) in [7, 11) is 5.55. The van der Waals surface area contributed by atoms with Gasteiger partial charge in [0.25, 0.3) is 0 Å². The highest BCUT2D eigenvalue weighted by Crippen LogP contribution is 2.44. The van der Waals surface area contributed by atoms with Crippen LogP contribution in [0, 0.1) is 17.8 Å². The molecule has 0 radical (unpaired) electrons. The molecule has 2 aliphatic rings. The number of ether oxygens (including phenoxy) is 1. The quantitative estimate of drug-likeness (QED) is 0.0983. The van der Waals surface area contributed by atoms with E-state index in [-0.39, 0.29) is 30.1 Å². The number of amides is 4. The fourth-order valence-electron chi connectivity index (χ4n) is 8.17. The molecule has 4 rings (SSSR count). The molecule has 0 saturated carbocycles. The fourth-order valence-corrected chi connectivity index (χ4v) is 8.41. The molecule has 0 bridgehead atoms. The van der Waals surface area contributed by atoms with E-state index < -0.39 is 5.60 Å². The number of hydrogen-bond donors (Lipinski definition) is 5. The molecule has 0 spiro atoms. The third-order valence-electron chi connectivity index (χ3n) is 10.8. The van der Waals surface area contributed by atoms with Gasteiger partial charge in [-0.15, -0.1) is 0 Å². The number of hydrogen-bond acceptors (Lipinski definition) is 6. The van der Waals surface area contributed by atoms with E-state index in [2.05, 4.69) is 49.0 Å². The van der Waals surface area contributed by atoms with Gasteiger partial charge < -0.3 is 40.9 Å². The number of urea groups is 2. The molecule has 10 nitrogen and oxygen atoms in total. The maximum atomic E-state index is 13.4. The predicted octanol–water partition coefficient (Wildman–Crippen LogP) is 7.88. The number of likely N-dealkylation sites (N-methyl/N-ethyl adjacent to an activating group) is 2. The van der Waals surface area contributed by atoms with E-state index in [1.54, 1.807) is 7.11 Å². The van der Waals surface area contributed by atoms with E-state index >= 15 is 0 Å². The number of halogens is 1. The van der Waals surface area contributed by atoms with Crippen LogP contribution in [0.5, 0.6) is 0 Å². The number of likely N-dealkylation sites (tertiary alicyclic amines) is 2. The minimum absolute atomic E-state index is 0.0447. The van der Waals surface area contributed by atoms with Crippen molar-refractivity contribution < 1.29 is 19.4 Å². The van der Waals surface area contributed by atoms with E-state index in [9.17, 15) is 14.7 Å². The highest BCUT2D eigenvalue weighted by Gasteiger charge is 2.42. The molecular formula is C44H73ClN6O4. The van der Waals surface area contributed by atoms with Crippen LogP contribution in [0.4, 0.5) is 9.59 Å². The van der Waals surface area contributed by atoms with E-state index in [0.29, 0.717) is 43.0 Å². The molecule has 2 aromatic rings. The number of nitrogens with zero attached hydrogens (tertiary/aromatic N) is 2. The number of nitrogens with one attached hydrogen (secondary N) is 4.